The number of nitrogens with one attached hydrogen (secondary N) is 1. The van der Waals surface area contributed by atoms with Crippen molar-refractivity contribution in [1.82, 2.24) is 9.55 Å². The van der Waals surface area contributed by atoms with Gasteiger partial charge in [-0.25, -0.2) is 4.98 Å². The van der Waals surface area contributed by atoms with Crippen LogP contribution in [-0.4, -0.2) is 22.6 Å². The molecule has 17 heavy (non-hydrogen) atoms. The largest absolute Gasteiger partial charge is 0.362 e. The molecule has 0 spiro atoms. The quantitative estimate of drug-likeness (QED) is 0.717. The van der Waals surface area contributed by atoms with Crippen LogP contribution in [0.3, 0.4) is 0 Å². The molecule has 0 saturated heterocycles. The lowest BCUT2D eigenvalue weighted by atomic mass is 10.2. The molecule has 1 heterocycles. The molecule has 0 amide bonds. The Morgan fingerprint density at radius 2 is 2.29 bits per heavy atom. The molecule has 0 atom stereocenters. The van der Waals surface area contributed by atoms with Gasteiger partial charge in [0.1, 0.15) is 0 Å². The lowest BCUT2D eigenvalue weighted by molar-refractivity contribution is 0.510. The van der Waals surface area contributed by atoms with Crippen LogP contribution in [0.1, 0.15) is 13.8 Å². The minimum atomic E-state index is -0.0812. The molecule has 5 nitrogen and oxygen atoms in total. The maximum atomic E-state index is 12.0. The van der Waals surface area contributed by atoms with E-state index < -0.39 is 0 Å². The van der Waals surface area contributed by atoms with E-state index in [1.165, 1.54) is 0 Å². The van der Waals surface area contributed by atoms with Gasteiger partial charge >= 0.3 is 0 Å². The van der Waals surface area contributed by atoms with Gasteiger partial charge in [-0.1, -0.05) is 26.0 Å². The zero-order valence-electron chi connectivity index (χ0n) is 10.4. The number of aromatic nitrogens is 2. The minimum Gasteiger partial charge on any atom is -0.362 e. The van der Waals surface area contributed by atoms with Crippen LogP contribution in [0.25, 0.3) is 0 Å². The molecule has 1 aromatic rings. The zero-order valence-corrected chi connectivity index (χ0v) is 10.4. The van der Waals surface area contributed by atoms with E-state index in [4.69, 9.17) is 5.73 Å². The van der Waals surface area contributed by atoms with Crippen LogP contribution in [0.2, 0.25) is 0 Å². The van der Waals surface area contributed by atoms with Crippen molar-refractivity contribution in [1.29, 1.82) is 0 Å². The molecular weight excluding hydrogens is 216 g/mol. The number of nitrogens with two attached hydrogens (primary N) is 1. The summed E-state index contributed by atoms with van der Waals surface area (Å²) in [7, 11) is 0. The van der Waals surface area contributed by atoms with Gasteiger partial charge in [-0.05, 0) is 5.92 Å². The highest BCUT2D eigenvalue weighted by Gasteiger charge is 2.04. The Kier molecular flexibility index (Phi) is 5.42. The summed E-state index contributed by atoms with van der Waals surface area (Å²) in [5.74, 6) is 0.815. The molecule has 0 saturated carbocycles. The van der Waals surface area contributed by atoms with Gasteiger partial charge in [-0.3, -0.25) is 4.79 Å². The van der Waals surface area contributed by atoms with Gasteiger partial charge in [0.2, 0.25) is 0 Å². The first-order chi connectivity index (χ1) is 8.15. The summed E-state index contributed by atoms with van der Waals surface area (Å²) in [5.41, 5.74) is 5.24. The molecule has 5 heteroatoms. The van der Waals surface area contributed by atoms with E-state index in [0.717, 1.165) is 0 Å². The van der Waals surface area contributed by atoms with E-state index in [0.29, 0.717) is 31.4 Å². The van der Waals surface area contributed by atoms with Crippen molar-refractivity contribution in [3.63, 3.8) is 0 Å². The van der Waals surface area contributed by atoms with Gasteiger partial charge in [0.05, 0.1) is 0 Å². The molecule has 1 rings (SSSR count). The summed E-state index contributed by atoms with van der Waals surface area (Å²) in [6.07, 6.45) is 7.06. The first kappa shape index (κ1) is 13.4. The second-order valence-corrected chi connectivity index (χ2v) is 4.22. The molecule has 3 N–H and O–H groups in total. The molecular formula is C12H20N4O. The zero-order chi connectivity index (χ0) is 12.7. The molecule has 0 radical (unpaired) electrons. The van der Waals surface area contributed by atoms with Gasteiger partial charge in [-0.15, -0.1) is 0 Å². The van der Waals surface area contributed by atoms with Crippen molar-refractivity contribution in [3.8, 4) is 0 Å². The number of hydrogen-bond acceptors (Lipinski definition) is 4. The fourth-order valence-corrected chi connectivity index (χ4v) is 1.44. The van der Waals surface area contributed by atoms with Crippen molar-refractivity contribution in [2.75, 3.05) is 18.4 Å². The Morgan fingerprint density at radius 1 is 1.53 bits per heavy atom. The molecule has 94 valence electrons. The van der Waals surface area contributed by atoms with Crippen molar-refractivity contribution < 1.29 is 0 Å². The van der Waals surface area contributed by atoms with Gasteiger partial charge in [0, 0.05) is 32.0 Å². The highest BCUT2D eigenvalue weighted by Crippen LogP contribution is 1.98. The molecule has 0 aliphatic rings. The van der Waals surface area contributed by atoms with E-state index in [1.807, 2.05) is 12.2 Å². The Balaban J connectivity index is 2.73. The van der Waals surface area contributed by atoms with Gasteiger partial charge in [0.25, 0.3) is 5.56 Å². The lowest BCUT2D eigenvalue weighted by Gasteiger charge is -2.09. The van der Waals surface area contributed by atoms with E-state index in [-0.39, 0.29) is 5.56 Å². The van der Waals surface area contributed by atoms with Crippen LogP contribution >= 0.6 is 0 Å². The predicted molar refractivity (Wildman–Crippen MR) is 70.0 cm³/mol. The SMILES string of the molecule is CC(C)Cn1ccnc(NC/C=C/CN)c1=O. The fourth-order valence-electron chi connectivity index (χ4n) is 1.44. The number of nitrogens with zero attached hydrogens (tertiary/aromatic N) is 2. The van der Waals surface area contributed by atoms with Crippen LogP contribution in [0.15, 0.2) is 29.3 Å². The summed E-state index contributed by atoms with van der Waals surface area (Å²) in [4.78, 5) is 16.0. The van der Waals surface area contributed by atoms with Crippen molar-refractivity contribution in [3.05, 3.63) is 34.9 Å². The maximum Gasteiger partial charge on any atom is 0.293 e. The topological polar surface area (TPSA) is 72.9 Å². The van der Waals surface area contributed by atoms with Crippen LogP contribution in [0, 0.1) is 5.92 Å². The summed E-state index contributed by atoms with van der Waals surface area (Å²) >= 11 is 0. The Hall–Kier alpha value is -1.62. The summed E-state index contributed by atoms with van der Waals surface area (Å²) < 4.78 is 1.67. The average Bonchev–Trinajstić information content (AvgIpc) is 2.28. The van der Waals surface area contributed by atoms with E-state index >= 15 is 0 Å². The van der Waals surface area contributed by atoms with Crippen LogP contribution in [0.4, 0.5) is 5.82 Å². The molecule has 0 fully saturated rings. The standard InChI is InChI=1S/C12H20N4O/c1-10(2)9-16-8-7-15-11(12(16)17)14-6-4-3-5-13/h3-4,7-8,10H,5-6,9,13H2,1-2H3,(H,14,15)/b4-3+. The third-order valence-electron chi connectivity index (χ3n) is 2.17. The number of anilines is 1. The summed E-state index contributed by atoms with van der Waals surface area (Å²) in [5, 5.41) is 2.97. The Labute approximate surface area is 101 Å². The minimum absolute atomic E-state index is 0.0812. The third kappa shape index (κ3) is 4.40. The van der Waals surface area contributed by atoms with Crippen molar-refractivity contribution in [2.45, 2.75) is 20.4 Å². The maximum absolute atomic E-state index is 12.0. The van der Waals surface area contributed by atoms with Crippen LogP contribution in [0.5, 0.6) is 0 Å². The normalized spacial score (nSPS) is 11.3. The fraction of sp³-hybridized carbons (Fsp3) is 0.500. The predicted octanol–water partition coefficient (Wildman–Crippen LogP) is 0.826. The third-order valence-corrected chi connectivity index (χ3v) is 2.17. The van der Waals surface area contributed by atoms with Crippen molar-refractivity contribution in [2.24, 2.45) is 11.7 Å². The molecule has 0 aliphatic heterocycles. The van der Waals surface area contributed by atoms with Gasteiger partial charge in [0.15, 0.2) is 5.82 Å². The molecule has 1 aromatic heterocycles. The van der Waals surface area contributed by atoms with Crippen molar-refractivity contribution >= 4 is 5.82 Å². The smallest absolute Gasteiger partial charge is 0.293 e. The van der Waals surface area contributed by atoms with Gasteiger partial charge < -0.3 is 15.6 Å². The monoisotopic (exact) mass is 236 g/mol. The summed E-state index contributed by atoms with van der Waals surface area (Å²) in [6.45, 7) is 5.91. The molecule has 0 aliphatic carbocycles. The highest BCUT2D eigenvalue weighted by molar-refractivity contribution is 5.31. The van der Waals surface area contributed by atoms with Crippen LogP contribution in [-0.2, 0) is 6.54 Å². The molecule has 0 bridgehead atoms. The van der Waals surface area contributed by atoms with E-state index in [9.17, 15) is 4.79 Å². The van der Waals surface area contributed by atoms with Gasteiger partial charge in [-0.2, -0.15) is 0 Å². The molecule has 0 unspecified atom stereocenters. The second-order valence-electron chi connectivity index (χ2n) is 4.22. The second kappa shape index (κ2) is 6.85. The average molecular weight is 236 g/mol. The Morgan fingerprint density at radius 3 is 2.94 bits per heavy atom. The first-order valence-corrected chi connectivity index (χ1v) is 5.79. The highest BCUT2D eigenvalue weighted by atomic mass is 16.1. The van der Waals surface area contributed by atoms with Crippen LogP contribution < -0.4 is 16.6 Å². The lowest BCUT2D eigenvalue weighted by Crippen LogP contribution is -2.26. The first-order valence-electron chi connectivity index (χ1n) is 5.79. The van der Waals surface area contributed by atoms with E-state index in [2.05, 4.69) is 24.1 Å². The van der Waals surface area contributed by atoms with E-state index in [1.54, 1.807) is 17.0 Å². The Bertz CT molecular complexity index is 423. The summed E-state index contributed by atoms with van der Waals surface area (Å²) in [6, 6.07) is 0. The number of rotatable bonds is 6. The number of hydrogen-bond donors (Lipinski definition) is 2. The molecule has 0 aromatic carbocycles.